The average molecular weight is 611 g/mol. The quantitative estimate of drug-likeness (QED) is 0.317. The summed E-state index contributed by atoms with van der Waals surface area (Å²) in [5.41, 5.74) is 6.92. The van der Waals surface area contributed by atoms with Gasteiger partial charge in [0.05, 0.1) is 11.7 Å². The summed E-state index contributed by atoms with van der Waals surface area (Å²) in [6.45, 7) is 16.2. The SMILES string of the molecule is Cc1ccc2c(cnn2C2CCCCO2)c1-c1c(C#N)c(N2CCC3(CN(C(=O)OC(C)(C)C)C3)C2)nc2c1CCC(C)(C)C2. The molecule has 45 heavy (non-hydrogen) atoms. The van der Waals surface area contributed by atoms with Crippen LogP contribution in [-0.2, 0) is 22.3 Å². The summed E-state index contributed by atoms with van der Waals surface area (Å²) < 4.78 is 13.8. The van der Waals surface area contributed by atoms with Gasteiger partial charge in [0, 0.05) is 54.8 Å². The number of aryl methyl sites for hydroxylation is 1. The van der Waals surface area contributed by atoms with Crippen molar-refractivity contribution < 1.29 is 14.3 Å². The molecule has 1 aliphatic carbocycles. The summed E-state index contributed by atoms with van der Waals surface area (Å²) in [7, 11) is 0. The Morgan fingerprint density at radius 3 is 2.64 bits per heavy atom. The molecule has 3 aromatic rings. The van der Waals surface area contributed by atoms with Crippen LogP contribution in [0.2, 0.25) is 0 Å². The minimum Gasteiger partial charge on any atom is -0.444 e. The zero-order valence-corrected chi connectivity index (χ0v) is 27.7. The molecule has 1 spiro atoms. The predicted octanol–water partition coefficient (Wildman–Crippen LogP) is 6.94. The molecular formula is C36H46N6O3. The molecular weight excluding hydrogens is 564 g/mol. The lowest BCUT2D eigenvalue weighted by atomic mass is 9.73. The van der Waals surface area contributed by atoms with Gasteiger partial charge in [0.15, 0.2) is 6.23 Å². The molecule has 7 rings (SSSR count). The highest BCUT2D eigenvalue weighted by atomic mass is 16.6. The number of nitrogens with zero attached hydrogens (tertiary/aromatic N) is 6. The van der Waals surface area contributed by atoms with E-state index >= 15 is 0 Å². The van der Waals surface area contributed by atoms with Gasteiger partial charge in [0.2, 0.25) is 0 Å². The molecule has 9 nitrogen and oxygen atoms in total. The third-order valence-electron chi connectivity index (χ3n) is 10.3. The fraction of sp³-hybridized carbons (Fsp3) is 0.611. The van der Waals surface area contributed by atoms with Crippen LogP contribution in [0.25, 0.3) is 22.0 Å². The summed E-state index contributed by atoms with van der Waals surface area (Å²) >= 11 is 0. The number of pyridine rings is 1. The first-order valence-corrected chi connectivity index (χ1v) is 16.6. The number of carbonyl (C=O) groups is 1. The fourth-order valence-electron chi connectivity index (χ4n) is 7.99. The Balaban J connectivity index is 1.30. The van der Waals surface area contributed by atoms with E-state index in [4.69, 9.17) is 19.6 Å². The van der Waals surface area contributed by atoms with E-state index in [2.05, 4.69) is 43.9 Å². The van der Waals surface area contributed by atoms with Crippen LogP contribution in [0.3, 0.4) is 0 Å². The summed E-state index contributed by atoms with van der Waals surface area (Å²) in [5.74, 6) is 0.788. The van der Waals surface area contributed by atoms with Crippen LogP contribution in [0.1, 0.15) is 95.3 Å². The Hall–Kier alpha value is -3.64. The summed E-state index contributed by atoms with van der Waals surface area (Å²) in [5, 5.41) is 16.8. The normalized spacial score (nSPS) is 22.3. The fourth-order valence-corrected chi connectivity index (χ4v) is 7.99. The maximum absolute atomic E-state index is 12.7. The van der Waals surface area contributed by atoms with Gasteiger partial charge in [-0.15, -0.1) is 0 Å². The van der Waals surface area contributed by atoms with Crippen molar-refractivity contribution in [2.24, 2.45) is 10.8 Å². The smallest absolute Gasteiger partial charge is 0.410 e. The molecule has 9 heteroatoms. The van der Waals surface area contributed by atoms with Gasteiger partial charge in [-0.2, -0.15) is 10.4 Å². The van der Waals surface area contributed by atoms with Crippen LogP contribution in [0, 0.1) is 29.1 Å². The number of carbonyl (C=O) groups excluding carboxylic acids is 1. The number of ether oxygens (including phenoxy) is 2. The van der Waals surface area contributed by atoms with Crippen molar-refractivity contribution in [3.05, 3.63) is 40.7 Å². The zero-order chi connectivity index (χ0) is 31.7. The number of aromatic nitrogens is 3. The third-order valence-corrected chi connectivity index (χ3v) is 10.3. The van der Waals surface area contributed by atoms with Gasteiger partial charge in [-0.1, -0.05) is 19.9 Å². The highest BCUT2D eigenvalue weighted by Crippen LogP contribution is 2.48. The molecule has 0 bridgehead atoms. The highest BCUT2D eigenvalue weighted by molar-refractivity contribution is 6.00. The monoisotopic (exact) mass is 610 g/mol. The van der Waals surface area contributed by atoms with E-state index in [1.54, 1.807) is 0 Å². The minimum absolute atomic E-state index is 0.00227. The van der Waals surface area contributed by atoms with E-state index in [0.717, 1.165) is 104 Å². The van der Waals surface area contributed by atoms with Crippen LogP contribution in [0.15, 0.2) is 18.3 Å². The number of rotatable bonds is 3. The van der Waals surface area contributed by atoms with Crippen LogP contribution in [-0.4, -0.2) is 64.1 Å². The molecule has 1 atom stereocenters. The van der Waals surface area contributed by atoms with Crippen molar-refractivity contribution in [2.45, 2.75) is 98.3 Å². The summed E-state index contributed by atoms with van der Waals surface area (Å²) in [4.78, 5) is 22.2. The van der Waals surface area contributed by atoms with Gasteiger partial charge in [0.25, 0.3) is 0 Å². The number of amides is 1. The van der Waals surface area contributed by atoms with Crippen molar-refractivity contribution in [3.8, 4) is 17.2 Å². The molecule has 0 N–H and O–H groups in total. The van der Waals surface area contributed by atoms with Crippen LogP contribution >= 0.6 is 0 Å². The first-order valence-electron chi connectivity index (χ1n) is 16.6. The second-order valence-electron chi connectivity index (χ2n) is 15.7. The van der Waals surface area contributed by atoms with E-state index in [1.807, 2.05) is 36.5 Å². The molecule has 1 amide bonds. The first kappa shape index (κ1) is 30.0. The molecule has 1 unspecified atom stereocenters. The van der Waals surface area contributed by atoms with Crippen LogP contribution in [0.5, 0.6) is 0 Å². The molecule has 2 aromatic heterocycles. The van der Waals surface area contributed by atoms with Crippen molar-refractivity contribution in [1.82, 2.24) is 19.7 Å². The lowest BCUT2D eigenvalue weighted by Crippen LogP contribution is -2.60. The van der Waals surface area contributed by atoms with E-state index in [0.29, 0.717) is 18.7 Å². The first-order chi connectivity index (χ1) is 21.4. The Labute approximate surface area is 266 Å². The van der Waals surface area contributed by atoms with Crippen molar-refractivity contribution in [3.63, 3.8) is 0 Å². The molecule has 3 aliphatic heterocycles. The predicted molar refractivity (Wildman–Crippen MR) is 174 cm³/mol. The Bertz CT molecular complexity index is 1700. The number of likely N-dealkylation sites (tertiary alicyclic amines) is 1. The zero-order valence-electron chi connectivity index (χ0n) is 27.7. The highest BCUT2D eigenvalue weighted by Gasteiger charge is 2.51. The number of fused-ring (bicyclic) bond motifs is 2. The largest absolute Gasteiger partial charge is 0.444 e. The van der Waals surface area contributed by atoms with Gasteiger partial charge in [-0.05, 0) is 101 Å². The number of anilines is 1. The van der Waals surface area contributed by atoms with Gasteiger partial charge >= 0.3 is 6.09 Å². The number of hydrogen-bond acceptors (Lipinski definition) is 7. The minimum atomic E-state index is -0.513. The van der Waals surface area contributed by atoms with Gasteiger partial charge in [0.1, 0.15) is 23.1 Å². The second kappa shape index (κ2) is 10.7. The standard InChI is InChI=1S/C36H46N6O3/c1-23-10-11-28-26(19-38-42(28)29-9-7-8-16-44-29)30(23)31-24-12-13-35(5,6)17-27(24)39-32(25(31)18-37)40-15-14-36(20-40)21-41(22-36)33(43)45-34(2,3)4/h10-11,19,29H,7-9,12-17,20-22H2,1-6H3. The lowest BCUT2D eigenvalue weighted by Gasteiger charge is -2.47. The molecule has 3 fully saturated rings. The second-order valence-corrected chi connectivity index (χ2v) is 15.7. The molecule has 0 saturated carbocycles. The molecule has 5 heterocycles. The van der Waals surface area contributed by atoms with Gasteiger partial charge in [-0.25, -0.2) is 14.5 Å². The van der Waals surface area contributed by atoms with E-state index < -0.39 is 5.60 Å². The molecule has 1 aromatic carbocycles. The van der Waals surface area contributed by atoms with E-state index in [9.17, 15) is 10.1 Å². The van der Waals surface area contributed by atoms with E-state index in [1.165, 1.54) is 5.56 Å². The van der Waals surface area contributed by atoms with Crippen molar-refractivity contribution >= 4 is 22.8 Å². The molecule has 4 aliphatic rings. The van der Waals surface area contributed by atoms with Gasteiger partial charge in [-0.3, -0.25) is 0 Å². The molecule has 0 radical (unpaired) electrons. The summed E-state index contributed by atoms with van der Waals surface area (Å²) in [6, 6.07) is 6.97. The summed E-state index contributed by atoms with van der Waals surface area (Å²) in [6.07, 6.45) is 8.62. The van der Waals surface area contributed by atoms with Gasteiger partial charge < -0.3 is 19.3 Å². The maximum atomic E-state index is 12.7. The Morgan fingerprint density at radius 2 is 1.93 bits per heavy atom. The number of benzene rings is 1. The van der Waals surface area contributed by atoms with Crippen LogP contribution in [0.4, 0.5) is 10.6 Å². The van der Waals surface area contributed by atoms with Crippen molar-refractivity contribution in [2.75, 3.05) is 37.7 Å². The molecule has 3 saturated heterocycles. The maximum Gasteiger partial charge on any atom is 0.410 e. The molecule has 238 valence electrons. The van der Waals surface area contributed by atoms with E-state index in [-0.39, 0.29) is 23.2 Å². The number of hydrogen-bond donors (Lipinski definition) is 0. The Morgan fingerprint density at radius 1 is 1.13 bits per heavy atom. The van der Waals surface area contributed by atoms with Crippen molar-refractivity contribution in [1.29, 1.82) is 5.26 Å². The topological polar surface area (TPSA) is 96.5 Å². The number of nitriles is 1. The Kier molecular flexibility index (Phi) is 7.16. The third kappa shape index (κ3) is 5.35. The average Bonchev–Trinajstić information content (AvgIpc) is 3.60. The lowest BCUT2D eigenvalue weighted by molar-refractivity contribution is -0.0366. The van der Waals surface area contributed by atoms with Crippen LogP contribution < -0.4 is 4.90 Å².